The number of aliphatic hydroxyl groups is 1. The monoisotopic (exact) mass is 312 g/mol. The molecule has 4 nitrogen and oxygen atoms in total. The zero-order valence-electron chi connectivity index (χ0n) is 13.6. The van der Waals surface area contributed by atoms with Gasteiger partial charge in [0.2, 0.25) is 5.88 Å². The molecule has 2 heterocycles. The van der Waals surface area contributed by atoms with Gasteiger partial charge in [-0.05, 0) is 56.0 Å². The topological polar surface area (TPSA) is 54.4 Å². The fourth-order valence-corrected chi connectivity index (χ4v) is 3.18. The number of piperidine rings is 1. The van der Waals surface area contributed by atoms with Gasteiger partial charge in [-0.25, -0.2) is 4.98 Å². The zero-order valence-corrected chi connectivity index (χ0v) is 13.6. The highest BCUT2D eigenvalue weighted by Gasteiger charge is 2.16. The first kappa shape index (κ1) is 16.0. The molecular formula is C19H24N2O2. The molecule has 1 fully saturated rings. The largest absolute Gasteiger partial charge is 0.475 e. The van der Waals surface area contributed by atoms with Gasteiger partial charge in [0, 0.05) is 11.6 Å². The summed E-state index contributed by atoms with van der Waals surface area (Å²) in [6, 6.07) is 12.5. The number of aromatic nitrogens is 1. The lowest BCUT2D eigenvalue weighted by Gasteiger charge is -2.23. The molecule has 0 radical (unpaired) electrons. The van der Waals surface area contributed by atoms with Crippen molar-refractivity contribution >= 4 is 0 Å². The molecule has 1 aliphatic rings. The molecule has 2 aromatic rings. The quantitative estimate of drug-likeness (QED) is 0.891. The Morgan fingerprint density at radius 3 is 2.78 bits per heavy atom. The van der Waals surface area contributed by atoms with E-state index >= 15 is 0 Å². The van der Waals surface area contributed by atoms with E-state index in [-0.39, 0.29) is 13.2 Å². The van der Waals surface area contributed by atoms with Crippen molar-refractivity contribution in [2.75, 3.05) is 26.3 Å². The first-order valence-corrected chi connectivity index (χ1v) is 8.30. The van der Waals surface area contributed by atoms with Crippen molar-refractivity contribution in [3.05, 3.63) is 47.5 Å². The number of nitrogens with zero attached hydrogens (tertiary/aromatic N) is 1. The molecule has 0 amide bonds. The maximum absolute atomic E-state index is 8.86. The van der Waals surface area contributed by atoms with Gasteiger partial charge in [0.1, 0.15) is 6.61 Å². The molecule has 0 saturated carbocycles. The second-order valence-electron chi connectivity index (χ2n) is 6.03. The average molecular weight is 312 g/mol. The summed E-state index contributed by atoms with van der Waals surface area (Å²) in [5, 5.41) is 12.3. The Kier molecular flexibility index (Phi) is 5.26. The molecule has 122 valence electrons. The van der Waals surface area contributed by atoms with Crippen LogP contribution in [0.15, 0.2) is 36.4 Å². The number of pyridine rings is 1. The number of aliphatic hydroxyl groups excluding tert-OH is 1. The summed E-state index contributed by atoms with van der Waals surface area (Å²) in [4.78, 5) is 4.54. The Morgan fingerprint density at radius 2 is 2.04 bits per heavy atom. The number of hydrogen-bond donors (Lipinski definition) is 2. The minimum Gasteiger partial charge on any atom is -0.475 e. The molecule has 0 unspecified atom stereocenters. The van der Waals surface area contributed by atoms with Crippen LogP contribution in [0.3, 0.4) is 0 Å². The van der Waals surface area contributed by atoms with Crippen LogP contribution in [-0.2, 0) is 0 Å². The number of rotatable bonds is 5. The predicted octanol–water partition coefficient (Wildman–Crippen LogP) is 2.90. The van der Waals surface area contributed by atoms with Crippen LogP contribution >= 0.6 is 0 Å². The molecular weight excluding hydrogens is 288 g/mol. The van der Waals surface area contributed by atoms with E-state index in [9.17, 15) is 0 Å². The van der Waals surface area contributed by atoms with Crippen LogP contribution in [0.1, 0.15) is 29.9 Å². The van der Waals surface area contributed by atoms with Gasteiger partial charge in [-0.3, -0.25) is 0 Å². The molecule has 0 atom stereocenters. The van der Waals surface area contributed by atoms with Crippen LogP contribution in [0.4, 0.5) is 0 Å². The maximum Gasteiger partial charge on any atom is 0.213 e. The van der Waals surface area contributed by atoms with Crippen LogP contribution in [0, 0.1) is 6.92 Å². The third-order valence-corrected chi connectivity index (χ3v) is 4.40. The Morgan fingerprint density at radius 1 is 1.22 bits per heavy atom. The molecule has 1 aromatic heterocycles. The van der Waals surface area contributed by atoms with Crippen molar-refractivity contribution < 1.29 is 9.84 Å². The lowest BCUT2D eigenvalue weighted by Crippen LogP contribution is -2.26. The van der Waals surface area contributed by atoms with Gasteiger partial charge < -0.3 is 15.2 Å². The van der Waals surface area contributed by atoms with Gasteiger partial charge in [-0.2, -0.15) is 0 Å². The highest BCUT2D eigenvalue weighted by Crippen LogP contribution is 2.30. The summed E-state index contributed by atoms with van der Waals surface area (Å²) in [5.41, 5.74) is 4.72. The molecule has 1 aromatic carbocycles. The van der Waals surface area contributed by atoms with Crippen LogP contribution in [0.5, 0.6) is 5.88 Å². The van der Waals surface area contributed by atoms with Gasteiger partial charge in [-0.1, -0.05) is 24.3 Å². The highest BCUT2D eigenvalue weighted by atomic mass is 16.5. The Balaban J connectivity index is 1.82. The molecule has 0 spiro atoms. The van der Waals surface area contributed by atoms with E-state index in [0.29, 0.717) is 11.8 Å². The van der Waals surface area contributed by atoms with Crippen molar-refractivity contribution in [1.29, 1.82) is 0 Å². The van der Waals surface area contributed by atoms with Crippen LogP contribution in [0.25, 0.3) is 11.3 Å². The lowest BCUT2D eigenvalue weighted by molar-refractivity contribution is 0.197. The van der Waals surface area contributed by atoms with Crippen molar-refractivity contribution in [3.63, 3.8) is 0 Å². The predicted molar refractivity (Wildman–Crippen MR) is 91.8 cm³/mol. The molecule has 0 bridgehead atoms. The molecule has 1 aliphatic heterocycles. The molecule has 1 saturated heterocycles. The number of aryl methyl sites for hydroxylation is 1. The Labute approximate surface area is 137 Å². The lowest BCUT2D eigenvalue weighted by atomic mass is 9.88. The molecule has 3 rings (SSSR count). The van der Waals surface area contributed by atoms with Gasteiger partial charge in [0.25, 0.3) is 0 Å². The van der Waals surface area contributed by atoms with E-state index in [1.165, 1.54) is 24.0 Å². The second-order valence-corrected chi connectivity index (χ2v) is 6.03. The number of ether oxygens (including phenoxy) is 1. The van der Waals surface area contributed by atoms with Gasteiger partial charge >= 0.3 is 0 Å². The first-order chi connectivity index (χ1) is 11.3. The van der Waals surface area contributed by atoms with Crippen LogP contribution in [-0.4, -0.2) is 36.4 Å². The summed E-state index contributed by atoms with van der Waals surface area (Å²) < 4.78 is 5.41. The third-order valence-electron chi connectivity index (χ3n) is 4.40. The summed E-state index contributed by atoms with van der Waals surface area (Å²) in [6.45, 7) is 4.62. The second kappa shape index (κ2) is 7.57. The van der Waals surface area contributed by atoms with E-state index in [4.69, 9.17) is 9.84 Å². The third kappa shape index (κ3) is 3.89. The van der Waals surface area contributed by atoms with E-state index in [1.54, 1.807) is 0 Å². The average Bonchev–Trinajstić information content (AvgIpc) is 2.61. The standard InChI is InChI=1S/C19H24N2O2/c1-14-13-16(15-7-9-20-10-8-15)5-6-17(14)18-3-2-4-19(21-18)23-12-11-22/h2-6,13,15,20,22H,7-12H2,1H3. The fourth-order valence-electron chi connectivity index (χ4n) is 3.18. The minimum absolute atomic E-state index is 0.00409. The van der Waals surface area contributed by atoms with E-state index in [0.717, 1.165) is 24.3 Å². The van der Waals surface area contributed by atoms with Crippen molar-refractivity contribution in [1.82, 2.24) is 10.3 Å². The smallest absolute Gasteiger partial charge is 0.213 e. The highest BCUT2D eigenvalue weighted by molar-refractivity contribution is 5.64. The number of hydrogen-bond acceptors (Lipinski definition) is 4. The molecule has 0 aliphatic carbocycles. The summed E-state index contributed by atoms with van der Waals surface area (Å²) in [7, 11) is 0. The van der Waals surface area contributed by atoms with Crippen LogP contribution < -0.4 is 10.1 Å². The fraction of sp³-hybridized carbons (Fsp3) is 0.421. The summed E-state index contributed by atoms with van der Waals surface area (Å²) >= 11 is 0. The molecule has 2 N–H and O–H groups in total. The zero-order chi connectivity index (χ0) is 16.1. The first-order valence-electron chi connectivity index (χ1n) is 8.30. The van der Waals surface area contributed by atoms with Crippen LogP contribution in [0.2, 0.25) is 0 Å². The summed E-state index contributed by atoms with van der Waals surface area (Å²) in [5.74, 6) is 1.22. The van der Waals surface area contributed by atoms with Crippen molar-refractivity contribution in [2.24, 2.45) is 0 Å². The van der Waals surface area contributed by atoms with Gasteiger partial charge in [0.05, 0.1) is 12.3 Å². The van der Waals surface area contributed by atoms with Gasteiger partial charge in [-0.15, -0.1) is 0 Å². The van der Waals surface area contributed by atoms with Crippen molar-refractivity contribution in [3.8, 4) is 17.1 Å². The number of nitrogens with one attached hydrogen (secondary N) is 1. The Bertz CT molecular complexity index is 652. The maximum atomic E-state index is 8.86. The van der Waals surface area contributed by atoms with E-state index in [1.807, 2.05) is 18.2 Å². The normalized spacial score (nSPS) is 15.6. The summed E-state index contributed by atoms with van der Waals surface area (Å²) in [6.07, 6.45) is 2.42. The van der Waals surface area contributed by atoms with E-state index in [2.05, 4.69) is 35.4 Å². The Hall–Kier alpha value is -1.91. The molecule has 23 heavy (non-hydrogen) atoms. The minimum atomic E-state index is -0.00409. The van der Waals surface area contributed by atoms with Crippen molar-refractivity contribution in [2.45, 2.75) is 25.7 Å². The van der Waals surface area contributed by atoms with Gasteiger partial charge in [0.15, 0.2) is 0 Å². The number of benzene rings is 1. The van der Waals surface area contributed by atoms with E-state index < -0.39 is 0 Å². The SMILES string of the molecule is Cc1cc(C2CCNCC2)ccc1-c1cccc(OCCO)n1. The molecule has 4 heteroatoms.